The number of amides is 1. The summed E-state index contributed by atoms with van der Waals surface area (Å²) in [5, 5.41) is 3.57. The molecule has 34 heavy (non-hydrogen) atoms. The highest BCUT2D eigenvalue weighted by atomic mass is 32.1. The molecule has 3 heterocycles. The number of pyridine rings is 1. The summed E-state index contributed by atoms with van der Waals surface area (Å²) < 4.78 is 5.45. The van der Waals surface area contributed by atoms with E-state index in [1.165, 1.54) is 5.69 Å². The number of morpholine rings is 1. The van der Waals surface area contributed by atoms with E-state index in [0.717, 1.165) is 80.1 Å². The lowest BCUT2D eigenvalue weighted by atomic mass is 9.85. The summed E-state index contributed by atoms with van der Waals surface area (Å²) in [4.78, 5) is 27.8. The fourth-order valence-corrected chi connectivity index (χ4v) is 4.60. The molecule has 1 aromatic carbocycles. The average molecular weight is 501 g/mol. The number of aromatic nitrogens is 3. The fraction of sp³-hybridized carbons (Fsp3) is 0.417. The minimum absolute atomic E-state index is 0. The Morgan fingerprint density at radius 1 is 1.00 bits per heavy atom. The number of benzene rings is 1. The maximum atomic E-state index is 11.5. The van der Waals surface area contributed by atoms with Crippen LogP contribution in [0.3, 0.4) is 0 Å². The molecule has 3 N–H and O–H groups in total. The number of nitrogens with one attached hydrogen (secondary N) is 1. The third-order valence-corrected chi connectivity index (χ3v) is 6.47. The molecule has 8 nitrogen and oxygen atoms in total. The molecule has 1 saturated carbocycles. The molecule has 10 heteroatoms. The quantitative estimate of drug-likeness (QED) is 0.554. The van der Waals surface area contributed by atoms with Gasteiger partial charge in [0.2, 0.25) is 5.91 Å². The fourth-order valence-electron chi connectivity index (χ4n) is 4.60. The normalized spacial score (nSPS) is 20.2. The van der Waals surface area contributed by atoms with Gasteiger partial charge in [0, 0.05) is 48.7 Å². The number of hydrogen-bond donors (Lipinski definition) is 2. The standard InChI is InChI=1S/C24H28N6O2.2H2S/c25-23(31)17-1-5-18(6-2-17)28-24-22-21(26-9-10-27-22)15-20(29-24)16-3-7-19(8-4-16)30-11-13-32-14-12-30;;/h3-4,7-10,15,17-18H,1-2,5-6,11-14H2,(H2,25,31)(H,28,29);2*1H2. The number of fused-ring (bicyclic) bond motifs is 1. The Labute approximate surface area is 213 Å². The number of carbonyl (C=O) groups excluding carboxylic acids is 1. The molecule has 1 aliphatic carbocycles. The van der Waals surface area contributed by atoms with E-state index in [1.54, 1.807) is 12.4 Å². The van der Waals surface area contributed by atoms with Crippen LogP contribution in [0.2, 0.25) is 0 Å². The van der Waals surface area contributed by atoms with E-state index >= 15 is 0 Å². The number of hydrogen-bond acceptors (Lipinski definition) is 7. The van der Waals surface area contributed by atoms with E-state index in [0.29, 0.717) is 0 Å². The van der Waals surface area contributed by atoms with Crippen LogP contribution in [0, 0.1) is 5.92 Å². The first-order valence-corrected chi connectivity index (χ1v) is 11.3. The molecule has 1 saturated heterocycles. The van der Waals surface area contributed by atoms with Crippen LogP contribution in [-0.4, -0.2) is 53.2 Å². The second kappa shape index (κ2) is 11.7. The SMILES string of the molecule is NC(=O)C1CCC(Nc2nc(-c3ccc(N4CCOCC4)cc3)cc3nccnc23)CC1.S.S. The van der Waals surface area contributed by atoms with Crippen LogP contribution < -0.4 is 16.0 Å². The van der Waals surface area contributed by atoms with E-state index in [9.17, 15) is 4.79 Å². The number of carbonyl (C=O) groups is 1. The number of nitrogens with zero attached hydrogens (tertiary/aromatic N) is 4. The van der Waals surface area contributed by atoms with Gasteiger partial charge < -0.3 is 20.7 Å². The second-order valence-corrected chi connectivity index (χ2v) is 8.52. The maximum absolute atomic E-state index is 11.5. The third kappa shape index (κ3) is 5.73. The lowest BCUT2D eigenvalue weighted by Gasteiger charge is -2.29. The van der Waals surface area contributed by atoms with Crippen LogP contribution >= 0.6 is 27.0 Å². The molecule has 0 bridgehead atoms. The highest BCUT2D eigenvalue weighted by Crippen LogP contribution is 2.30. The molecule has 0 spiro atoms. The zero-order chi connectivity index (χ0) is 21.9. The molecule has 1 amide bonds. The van der Waals surface area contributed by atoms with Gasteiger partial charge in [0.1, 0.15) is 5.52 Å². The van der Waals surface area contributed by atoms with Gasteiger partial charge >= 0.3 is 0 Å². The van der Waals surface area contributed by atoms with Crippen molar-refractivity contribution in [3.05, 3.63) is 42.7 Å². The minimum Gasteiger partial charge on any atom is -0.378 e. The smallest absolute Gasteiger partial charge is 0.220 e. The number of rotatable bonds is 5. The largest absolute Gasteiger partial charge is 0.378 e. The van der Waals surface area contributed by atoms with Crippen LogP contribution in [0.1, 0.15) is 25.7 Å². The second-order valence-electron chi connectivity index (χ2n) is 8.52. The van der Waals surface area contributed by atoms with Gasteiger partial charge in [0.05, 0.1) is 24.4 Å². The van der Waals surface area contributed by atoms with Crippen molar-refractivity contribution < 1.29 is 9.53 Å². The minimum atomic E-state index is -0.194. The topological polar surface area (TPSA) is 106 Å². The van der Waals surface area contributed by atoms with E-state index < -0.39 is 0 Å². The summed E-state index contributed by atoms with van der Waals surface area (Å²) in [6.45, 7) is 3.36. The van der Waals surface area contributed by atoms with Gasteiger partial charge in [-0.1, -0.05) is 12.1 Å². The van der Waals surface area contributed by atoms with Crippen molar-refractivity contribution >= 4 is 55.4 Å². The molecule has 3 aromatic rings. The van der Waals surface area contributed by atoms with E-state index in [-0.39, 0.29) is 44.9 Å². The molecule has 0 atom stereocenters. The van der Waals surface area contributed by atoms with Gasteiger partial charge in [-0.3, -0.25) is 9.78 Å². The Morgan fingerprint density at radius 3 is 2.35 bits per heavy atom. The van der Waals surface area contributed by atoms with Crippen LogP contribution in [-0.2, 0) is 9.53 Å². The summed E-state index contributed by atoms with van der Waals surface area (Å²) in [7, 11) is 0. The summed E-state index contributed by atoms with van der Waals surface area (Å²) in [5.74, 6) is 0.527. The van der Waals surface area contributed by atoms with Gasteiger partial charge in [-0.05, 0) is 43.9 Å². The Hall–Kier alpha value is -2.56. The van der Waals surface area contributed by atoms with Crippen LogP contribution in [0.5, 0.6) is 0 Å². The molecule has 0 unspecified atom stereocenters. The van der Waals surface area contributed by atoms with Gasteiger partial charge in [0.25, 0.3) is 0 Å². The van der Waals surface area contributed by atoms with E-state index in [4.69, 9.17) is 15.5 Å². The molecule has 182 valence electrons. The van der Waals surface area contributed by atoms with E-state index in [2.05, 4.69) is 44.5 Å². The highest BCUT2D eigenvalue weighted by molar-refractivity contribution is 7.59. The Morgan fingerprint density at radius 2 is 1.68 bits per heavy atom. The summed E-state index contributed by atoms with van der Waals surface area (Å²) >= 11 is 0. The maximum Gasteiger partial charge on any atom is 0.220 e. The molecule has 5 rings (SSSR count). The number of anilines is 2. The molecular formula is C24H32N6O2S2. The third-order valence-electron chi connectivity index (χ3n) is 6.47. The van der Waals surface area contributed by atoms with Crippen molar-refractivity contribution in [2.45, 2.75) is 31.7 Å². The Kier molecular flexibility index (Phi) is 8.98. The molecule has 0 radical (unpaired) electrons. The highest BCUT2D eigenvalue weighted by Gasteiger charge is 2.25. The van der Waals surface area contributed by atoms with Gasteiger partial charge in [-0.2, -0.15) is 27.0 Å². The Bertz CT molecular complexity index is 1100. The van der Waals surface area contributed by atoms with Crippen LogP contribution in [0.15, 0.2) is 42.7 Å². The lowest BCUT2D eigenvalue weighted by molar-refractivity contribution is -0.122. The summed E-state index contributed by atoms with van der Waals surface area (Å²) in [6, 6.07) is 10.7. The predicted octanol–water partition coefficient (Wildman–Crippen LogP) is 3.21. The first kappa shape index (κ1) is 26.1. The first-order chi connectivity index (χ1) is 15.7. The van der Waals surface area contributed by atoms with Crippen molar-refractivity contribution in [1.82, 2.24) is 15.0 Å². The van der Waals surface area contributed by atoms with Crippen LogP contribution in [0.4, 0.5) is 11.5 Å². The van der Waals surface area contributed by atoms with Crippen LogP contribution in [0.25, 0.3) is 22.3 Å². The van der Waals surface area contributed by atoms with Crippen molar-refractivity contribution in [3.63, 3.8) is 0 Å². The number of nitrogens with two attached hydrogens (primary N) is 1. The van der Waals surface area contributed by atoms with Crippen molar-refractivity contribution in [2.24, 2.45) is 11.7 Å². The predicted molar refractivity (Wildman–Crippen MR) is 145 cm³/mol. The van der Waals surface area contributed by atoms with Crippen molar-refractivity contribution in [1.29, 1.82) is 0 Å². The summed E-state index contributed by atoms with van der Waals surface area (Å²) in [6.07, 6.45) is 6.77. The molecule has 2 aliphatic rings. The van der Waals surface area contributed by atoms with Gasteiger partial charge in [0.15, 0.2) is 5.82 Å². The number of primary amides is 1. The van der Waals surface area contributed by atoms with Gasteiger partial charge in [-0.25, -0.2) is 9.97 Å². The number of ether oxygens (including phenoxy) is 1. The average Bonchev–Trinajstić information content (AvgIpc) is 2.85. The lowest BCUT2D eigenvalue weighted by Crippen LogP contribution is -2.36. The molecule has 2 aromatic heterocycles. The molecular weight excluding hydrogens is 468 g/mol. The molecule has 2 fully saturated rings. The first-order valence-electron chi connectivity index (χ1n) is 11.3. The van der Waals surface area contributed by atoms with Gasteiger partial charge in [-0.15, -0.1) is 0 Å². The van der Waals surface area contributed by atoms with Crippen molar-refractivity contribution in [3.8, 4) is 11.3 Å². The van der Waals surface area contributed by atoms with Crippen molar-refractivity contribution in [2.75, 3.05) is 36.5 Å². The zero-order valence-electron chi connectivity index (χ0n) is 19.0. The summed E-state index contributed by atoms with van der Waals surface area (Å²) in [5.41, 5.74) is 10.1. The zero-order valence-corrected chi connectivity index (χ0v) is 21.0. The molecule has 1 aliphatic heterocycles. The monoisotopic (exact) mass is 500 g/mol. The van der Waals surface area contributed by atoms with E-state index in [1.807, 2.05) is 6.07 Å². The Balaban J connectivity index is 0.00000162.